The van der Waals surface area contributed by atoms with Crippen LogP contribution in [0, 0.1) is 0 Å². The zero-order chi connectivity index (χ0) is 78.7. The molecule has 0 aliphatic carbocycles. The SMILES string of the molecule is CC(=O)N[C@@H]1[C@@H](O[C@@H]2c3ccc(c(Cl)c3)Oc3cc4cc(c3O)Oc3ccc(cc3Cl)C[C@H]3NC(=O)[C@H](N)c5cccc(O)c5Oc5cc(O)cc(c5)[C@H](NC3=O)C(=O)N[C@@H]4C(=O)N[C@@H]3C(=O)N[C@@H]2C(=O)NC(C(=O)O)c2cc(O)cc(O[C@H]4O[C@H](CO)[C@@H](O)[C@H](O)[C@H]4O)c2-c2cc3ccc2O)O[C@H](CO)[C@@H](O)[C@@H]1O. The number of hydrogen-bond acceptors (Lipinski definition) is 28. The third-order valence-corrected chi connectivity index (χ3v) is 19.6. The number of aliphatic hydroxyl groups is 7. The number of halogens is 2. The number of ether oxygens (including phenoxy) is 7. The van der Waals surface area contributed by atoms with Gasteiger partial charge in [0, 0.05) is 47.7 Å². The predicted molar refractivity (Wildman–Crippen MR) is 372 cm³/mol. The maximum atomic E-state index is 16.4. The summed E-state index contributed by atoms with van der Waals surface area (Å²) >= 11 is 14.1. The average Bonchev–Trinajstić information content (AvgIpc) is 0.794. The molecule has 0 aromatic heterocycles. The van der Waals surface area contributed by atoms with Gasteiger partial charge < -0.3 is 142 Å². The number of fused-ring (bicyclic) bond motifs is 13. The molecule has 8 aliphatic heterocycles. The summed E-state index contributed by atoms with van der Waals surface area (Å²) in [6.07, 6.45) is -20.7. The number of nitrogens with one attached hydrogen (secondary N) is 7. The maximum absolute atomic E-state index is 16.4. The van der Waals surface area contributed by atoms with Gasteiger partial charge in [0.2, 0.25) is 53.4 Å². The first-order valence-corrected chi connectivity index (χ1v) is 34.3. The van der Waals surface area contributed by atoms with E-state index in [0.29, 0.717) is 0 Å². The first-order chi connectivity index (χ1) is 52.4. The molecular formula is C72H68Cl2N8O28. The Morgan fingerprint density at radius 1 is 0.555 bits per heavy atom. The fourth-order valence-electron chi connectivity index (χ4n) is 13.5. The average molecular weight is 1560 g/mol. The fourth-order valence-corrected chi connectivity index (χ4v) is 14.0. The molecule has 1 unspecified atom stereocenters. The molecule has 578 valence electrons. The van der Waals surface area contributed by atoms with E-state index in [0.717, 1.165) is 85.8 Å². The van der Waals surface area contributed by atoms with Gasteiger partial charge >= 0.3 is 5.97 Å². The van der Waals surface area contributed by atoms with Gasteiger partial charge in [-0.1, -0.05) is 53.5 Å². The Labute approximate surface area is 629 Å². The molecule has 36 nitrogen and oxygen atoms in total. The quantitative estimate of drug-likeness (QED) is 0.0980. The number of nitrogens with two attached hydrogens (primary N) is 1. The van der Waals surface area contributed by atoms with Gasteiger partial charge in [-0.25, -0.2) is 4.79 Å². The van der Waals surface area contributed by atoms with Crippen molar-refractivity contribution in [1.82, 2.24) is 37.2 Å². The van der Waals surface area contributed by atoms with Gasteiger partial charge in [0.15, 0.2) is 35.3 Å². The van der Waals surface area contributed by atoms with Crippen LogP contribution in [0.15, 0.2) is 115 Å². The van der Waals surface area contributed by atoms with E-state index >= 15 is 24.0 Å². The number of carboxylic acid groups (broad SMARTS) is 1. The molecule has 2 saturated heterocycles. The minimum atomic E-state index is -2.51. The highest BCUT2D eigenvalue weighted by atomic mass is 35.5. The number of hydrogen-bond donors (Lipinski definition) is 21. The molecule has 8 aliphatic rings. The summed E-state index contributed by atoms with van der Waals surface area (Å²) in [5, 5.41) is 163. The van der Waals surface area contributed by atoms with Crippen LogP contribution in [0.3, 0.4) is 0 Å². The predicted octanol–water partition coefficient (Wildman–Crippen LogP) is 0.426. The molecule has 0 saturated carbocycles. The van der Waals surface area contributed by atoms with Crippen LogP contribution in [-0.2, 0) is 59.0 Å². The first kappa shape index (κ1) is 76.8. The number of amides is 7. The van der Waals surface area contributed by atoms with Crippen molar-refractivity contribution in [3.8, 4) is 80.1 Å². The van der Waals surface area contributed by atoms with E-state index in [1.54, 1.807) is 0 Å². The Morgan fingerprint density at radius 3 is 1.80 bits per heavy atom. The molecule has 8 heterocycles. The number of rotatable bonds is 8. The van der Waals surface area contributed by atoms with Crippen LogP contribution >= 0.6 is 23.2 Å². The molecule has 18 atom stereocenters. The molecule has 0 radical (unpaired) electrons. The Bertz CT molecular complexity index is 4880. The van der Waals surface area contributed by atoms with Gasteiger partial charge in [0.1, 0.15) is 131 Å². The highest BCUT2D eigenvalue weighted by molar-refractivity contribution is 6.32. The van der Waals surface area contributed by atoms with E-state index in [-0.39, 0.29) is 38.8 Å². The lowest BCUT2D eigenvalue weighted by Crippen LogP contribution is -2.65. The van der Waals surface area contributed by atoms with Gasteiger partial charge in [-0.15, -0.1) is 0 Å². The topological polar surface area (TPSA) is 574 Å². The van der Waals surface area contributed by atoms with Gasteiger partial charge in [0.25, 0.3) is 0 Å². The number of para-hydroxylation sites is 1. The van der Waals surface area contributed by atoms with Crippen LogP contribution in [0.2, 0.25) is 10.0 Å². The summed E-state index contributed by atoms with van der Waals surface area (Å²) in [4.78, 5) is 121. The van der Waals surface area contributed by atoms with Crippen molar-refractivity contribution >= 4 is 70.5 Å². The molecule has 7 aromatic carbocycles. The standard InChI is InChI=1S/C72H68Cl2N8O28/c1-24(85)76-54-59(93)57(91)46(22-83)108-71(54)110-62-27-7-10-42(37(74)16-27)106-45-18-29-17-44(56(45)90)105-41-9-5-25(11-36(41)73)12-38-64(96)78-51(28-13-30(86)19-32(14-28)104-63-33(3-2-4-40(63)89)49(75)65(97)77-38)67(99)80-52(29)68(100)79-50-26-6-8-39(88)34(15-26)48-35(53(70(102)103)81-69(101)55(62)82-66(50)98)20-31(87)21-43(48)107-72-61(95)60(94)58(92)47(23-84)109-72/h2-11,13-21,38,46-47,49-55,57-62,71-72,83-84,86-95H,12,22-23,75H2,1H3,(H,76,85)(H,77,97)(H,78,96)(H,79,100)(H,80,99)(H,81,101)(H,82,98)(H,102,103)/t38-,46-,47-,49-,50+,51+,52+,53?,54+,55+,57-,58-,59-,60+,61-,62-,71-,72+/m1/s1. The van der Waals surface area contributed by atoms with E-state index in [2.05, 4.69) is 37.2 Å². The third kappa shape index (κ3) is 15.1. The number of aliphatic carboxylic acids is 1. The lowest BCUT2D eigenvalue weighted by molar-refractivity contribution is -0.284. The lowest BCUT2D eigenvalue weighted by Gasteiger charge is -2.44. The number of carbonyl (C=O) groups excluding carboxylic acids is 7. The van der Waals surface area contributed by atoms with Gasteiger partial charge in [-0.3, -0.25) is 33.6 Å². The van der Waals surface area contributed by atoms with E-state index in [1.165, 1.54) is 36.4 Å². The van der Waals surface area contributed by atoms with Crippen molar-refractivity contribution in [3.63, 3.8) is 0 Å². The summed E-state index contributed by atoms with van der Waals surface area (Å²) in [6, 6.07) is 3.72. The van der Waals surface area contributed by atoms with Gasteiger partial charge in [-0.05, 0) is 101 Å². The normalized spacial score (nSPS) is 28.1. The number of aromatic hydroxyl groups is 5. The lowest BCUT2D eigenvalue weighted by atomic mass is 9.89. The number of aliphatic hydroxyl groups excluding tert-OH is 7. The summed E-state index contributed by atoms with van der Waals surface area (Å²) in [6.45, 7) is -1.05. The maximum Gasteiger partial charge on any atom is 0.330 e. The summed E-state index contributed by atoms with van der Waals surface area (Å²) < 4.78 is 43.1. The molecule has 22 N–H and O–H groups in total. The van der Waals surface area contributed by atoms with Crippen molar-refractivity contribution in [2.45, 2.75) is 123 Å². The molecule has 110 heavy (non-hydrogen) atoms. The third-order valence-electron chi connectivity index (χ3n) is 19.0. The molecule has 15 rings (SSSR count). The van der Waals surface area contributed by atoms with Crippen LogP contribution in [0.4, 0.5) is 0 Å². The van der Waals surface area contributed by atoms with Crippen LogP contribution in [0.1, 0.15) is 82.2 Å². The second-order valence-electron chi connectivity index (χ2n) is 26.4. The zero-order valence-corrected chi connectivity index (χ0v) is 58.3. The number of benzene rings is 7. The molecule has 7 aromatic rings. The van der Waals surface area contributed by atoms with Crippen molar-refractivity contribution in [2.24, 2.45) is 5.73 Å². The van der Waals surface area contributed by atoms with Crippen LogP contribution in [0.25, 0.3) is 11.1 Å². The van der Waals surface area contributed by atoms with Gasteiger partial charge in [-0.2, -0.15) is 0 Å². The zero-order valence-electron chi connectivity index (χ0n) is 56.8. The summed E-state index contributed by atoms with van der Waals surface area (Å²) in [5.41, 5.74) is 3.10. The Hall–Kier alpha value is -11.4. The second kappa shape index (κ2) is 31.0. The van der Waals surface area contributed by atoms with E-state index in [4.69, 9.17) is 62.1 Å². The van der Waals surface area contributed by atoms with Crippen LogP contribution in [-0.4, -0.2) is 200 Å². The van der Waals surface area contributed by atoms with Crippen LogP contribution < -0.4 is 61.9 Å². The number of phenols is 5. The van der Waals surface area contributed by atoms with E-state index in [9.17, 15) is 80.8 Å². The van der Waals surface area contributed by atoms with Gasteiger partial charge in [0.05, 0.1) is 23.3 Å². The first-order valence-electron chi connectivity index (χ1n) is 33.5. The molecular weight excluding hydrogens is 1500 g/mol. The smallest absolute Gasteiger partial charge is 0.330 e. The molecule has 2 fully saturated rings. The number of phenolic OH excluding ortho intramolecular Hbond substituents is 5. The minimum Gasteiger partial charge on any atom is -0.508 e. The summed E-state index contributed by atoms with van der Waals surface area (Å²) in [5.74, 6) is -18.2. The van der Waals surface area contributed by atoms with Crippen molar-refractivity contribution in [1.29, 1.82) is 0 Å². The largest absolute Gasteiger partial charge is 0.508 e. The minimum absolute atomic E-state index is 0.125. The number of carboxylic acids is 1. The highest BCUT2D eigenvalue weighted by Crippen LogP contribution is 2.50. The second-order valence-corrected chi connectivity index (χ2v) is 27.2. The molecule has 38 heteroatoms. The van der Waals surface area contributed by atoms with E-state index in [1.807, 2.05) is 0 Å². The van der Waals surface area contributed by atoms with Crippen molar-refractivity contribution in [3.05, 3.63) is 164 Å². The van der Waals surface area contributed by atoms with Crippen LogP contribution in [0.5, 0.6) is 69.0 Å². The monoisotopic (exact) mass is 1560 g/mol. The summed E-state index contributed by atoms with van der Waals surface area (Å²) in [7, 11) is 0. The Morgan fingerprint density at radius 2 is 1.15 bits per heavy atom. The highest BCUT2D eigenvalue weighted by Gasteiger charge is 2.50. The fraction of sp³-hybridized carbons (Fsp3) is 0.306. The van der Waals surface area contributed by atoms with Crippen molar-refractivity contribution in [2.75, 3.05) is 13.2 Å². The molecule has 7 amide bonds. The van der Waals surface area contributed by atoms with Crippen molar-refractivity contribution < 1.29 is 138 Å². The number of carbonyl (C=O) groups is 8. The van der Waals surface area contributed by atoms with E-state index < -0.39 is 267 Å². The Balaban J connectivity index is 1.05. The molecule has 15 bridgehead atoms. The Kier molecular flexibility index (Phi) is 21.6. The molecule has 0 spiro atoms.